The van der Waals surface area contributed by atoms with E-state index in [9.17, 15) is 0 Å². The lowest BCUT2D eigenvalue weighted by atomic mass is 10.1. The Morgan fingerprint density at radius 2 is 1.00 bits per heavy atom. The van der Waals surface area contributed by atoms with Crippen molar-refractivity contribution in [3.63, 3.8) is 0 Å². The minimum Gasteiger partial charge on any atom is -0.359 e. The zero-order valence-corrected chi connectivity index (χ0v) is 16.9. The van der Waals surface area contributed by atoms with Gasteiger partial charge in [0.25, 0.3) is 0 Å². The maximum Gasteiger partial charge on any atom is 0.114 e. The van der Waals surface area contributed by atoms with E-state index in [1.54, 1.807) is 0 Å². The fourth-order valence-electron chi connectivity index (χ4n) is 4.30. The molecule has 3 nitrogen and oxygen atoms in total. The molecule has 0 bridgehead atoms. The van der Waals surface area contributed by atoms with Gasteiger partial charge in [-0.15, -0.1) is 0 Å². The molecule has 120 valence electrons. The third-order valence-electron chi connectivity index (χ3n) is 4.15. The molecular formula is C15H37N3Si2. The minimum absolute atomic E-state index is 0.592. The average molecular weight is 316 g/mol. The summed E-state index contributed by atoms with van der Waals surface area (Å²) < 4.78 is 4.14. The maximum atomic E-state index is 4.14. The average Bonchev–Trinajstić information content (AvgIpc) is 2.08. The van der Waals surface area contributed by atoms with E-state index in [-0.39, 0.29) is 0 Å². The summed E-state index contributed by atoms with van der Waals surface area (Å²) in [6, 6.07) is 5.07. The summed E-state index contributed by atoms with van der Waals surface area (Å²) in [6.07, 6.45) is 1.21. The Morgan fingerprint density at radius 1 is 0.650 bits per heavy atom. The van der Waals surface area contributed by atoms with Gasteiger partial charge >= 0.3 is 0 Å². The van der Waals surface area contributed by atoms with Crippen molar-refractivity contribution in [1.82, 2.24) is 15.3 Å². The molecule has 1 rings (SSSR count). The molecule has 1 aliphatic heterocycles. The quantitative estimate of drug-likeness (QED) is 0.601. The van der Waals surface area contributed by atoms with Gasteiger partial charge in [0.15, 0.2) is 0 Å². The van der Waals surface area contributed by atoms with E-state index in [1.165, 1.54) is 18.5 Å². The molecule has 3 N–H and O–H groups in total. The summed E-state index contributed by atoms with van der Waals surface area (Å²) in [6.45, 7) is 19.3. The summed E-state index contributed by atoms with van der Waals surface area (Å²) in [4.78, 5) is 0. The second kappa shape index (κ2) is 7.05. The highest BCUT2D eigenvalue weighted by molar-refractivity contribution is 6.91. The van der Waals surface area contributed by atoms with Crippen LogP contribution in [-0.2, 0) is 0 Å². The molecule has 20 heavy (non-hydrogen) atoms. The zero-order chi connectivity index (χ0) is 15.6. The molecule has 0 aromatic rings. The number of nitrogens with one attached hydrogen (secondary N) is 3. The van der Waals surface area contributed by atoms with E-state index in [4.69, 9.17) is 0 Å². The van der Waals surface area contributed by atoms with Crippen molar-refractivity contribution in [2.24, 2.45) is 0 Å². The van der Waals surface area contributed by atoms with Gasteiger partial charge in [-0.05, 0) is 46.2 Å². The number of hydrogen-bond acceptors (Lipinski definition) is 3. The third-order valence-corrected chi connectivity index (χ3v) is 12.8. The van der Waals surface area contributed by atoms with Crippen molar-refractivity contribution in [2.75, 3.05) is 0 Å². The molecule has 1 fully saturated rings. The molecule has 0 spiro atoms. The fourth-order valence-corrected chi connectivity index (χ4v) is 15.7. The SMILES string of the molecule is CC1CC(C)NC(C)C[Si](C)(C)N[Si](C)(C)CC(C)N1. The normalized spacial score (nSPS) is 39.6. The first-order valence-corrected chi connectivity index (χ1v) is 14.7. The monoisotopic (exact) mass is 315 g/mol. The summed E-state index contributed by atoms with van der Waals surface area (Å²) in [5.41, 5.74) is 0. The van der Waals surface area contributed by atoms with E-state index in [2.05, 4.69) is 69.2 Å². The molecule has 5 heteroatoms. The Bertz CT molecular complexity index is 279. The van der Waals surface area contributed by atoms with Crippen LogP contribution in [0.5, 0.6) is 0 Å². The van der Waals surface area contributed by atoms with Gasteiger partial charge in [0, 0.05) is 24.2 Å². The first-order chi connectivity index (χ1) is 8.99. The summed E-state index contributed by atoms with van der Waals surface area (Å²) in [5, 5.41) is 7.59. The summed E-state index contributed by atoms with van der Waals surface area (Å²) in [5.74, 6) is 0. The highest BCUT2D eigenvalue weighted by atomic mass is 28.4. The molecule has 4 unspecified atom stereocenters. The van der Waals surface area contributed by atoms with E-state index < -0.39 is 16.5 Å². The molecule has 0 saturated carbocycles. The van der Waals surface area contributed by atoms with Crippen molar-refractivity contribution >= 4 is 16.5 Å². The van der Waals surface area contributed by atoms with Crippen LogP contribution < -0.4 is 15.3 Å². The van der Waals surface area contributed by atoms with E-state index in [0.717, 1.165) is 0 Å². The van der Waals surface area contributed by atoms with Crippen molar-refractivity contribution in [1.29, 1.82) is 0 Å². The second-order valence-corrected chi connectivity index (χ2v) is 17.8. The molecular weight excluding hydrogens is 278 g/mol. The van der Waals surface area contributed by atoms with Crippen molar-refractivity contribution in [3.05, 3.63) is 0 Å². The lowest BCUT2D eigenvalue weighted by Crippen LogP contribution is -2.62. The van der Waals surface area contributed by atoms with Gasteiger partial charge < -0.3 is 15.3 Å². The standard InChI is InChI=1S/C15H37N3Si2/c1-12-9-13(2)17-15(4)11-20(7,8)18-19(5,6)10-14(3)16-12/h12-18H,9-11H2,1-8H3. The van der Waals surface area contributed by atoms with Crippen LogP contribution in [0.3, 0.4) is 0 Å². The maximum absolute atomic E-state index is 4.14. The molecule has 0 radical (unpaired) electrons. The van der Waals surface area contributed by atoms with Crippen LogP contribution in [0.15, 0.2) is 0 Å². The van der Waals surface area contributed by atoms with Gasteiger partial charge in [0.1, 0.15) is 16.5 Å². The Balaban J connectivity index is 2.83. The highest BCUT2D eigenvalue weighted by Gasteiger charge is 2.34. The van der Waals surface area contributed by atoms with Gasteiger partial charge in [-0.3, -0.25) is 0 Å². The molecule has 0 aliphatic carbocycles. The molecule has 4 atom stereocenters. The number of hydrogen-bond donors (Lipinski definition) is 3. The fraction of sp³-hybridized carbons (Fsp3) is 1.00. The van der Waals surface area contributed by atoms with E-state index >= 15 is 0 Å². The molecule has 1 heterocycles. The molecule has 0 aromatic carbocycles. The highest BCUT2D eigenvalue weighted by Crippen LogP contribution is 2.18. The van der Waals surface area contributed by atoms with Crippen molar-refractivity contribution < 1.29 is 0 Å². The zero-order valence-electron chi connectivity index (χ0n) is 14.9. The molecule has 1 aliphatic rings. The minimum atomic E-state index is -1.32. The van der Waals surface area contributed by atoms with Gasteiger partial charge in [-0.1, -0.05) is 26.2 Å². The van der Waals surface area contributed by atoms with Crippen molar-refractivity contribution in [2.45, 2.75) is 96.6 Å². The molecule has 0 amide bonds. The largest absolute Gasteiger partial charge is 0.359 e. The van der Waals surface area contributed by atoms with Crippen LogP contribution in [0, 0.1) is 0 Å². The topological polar surface area (TPSA) is 36.1 Å². The smallest absolute Gasteiger partial charge is 0.114 e. The van der Waals surface area contributed by atoms with Crippen LogP contribution >= 0.6 is 0 Å². The van der Waals surface area contributed by atoms with Gasteiger partial charge in [-0.2, -0.15) is 0 Å². The Morgan fingerprint density at radius 3 is 1.35 bits per heavy atom. The van der Waals surface area contributed by atoms with E-state index in [0.29, 0.717) is 24.2 Å². The van der Waals surface area contributed by atoms with Crippen LogP contribution in [-0.4, -0.2) is 40.6 Å². The van der Waals surface area contributed by atoms with Crippen LogP contribution in [0.1, 0.15) is 34.1 Å². The lowest BCUT2D eigenvalue weighted by molar-refractivity contribution is 0.383. The van der Waals surface area contributed by atoms with Gasteiger partial charge in [-0.25, -0.2) is 0 Å². The van der Waals surface area contributed by atoms with Gasteiger partial charge in [0.2, 0.25) is 0 Å². The van der Waals surface area contributed by atoms with Gasteiger partial charge in [0.05, 0.1) is 0 Å². The van der Waals surface area contributed by atoms with Crippen LogP contribution in [0.25, 0.3) is 0 Å². The number of rotatable bonds is 0. The summed E-state index contributed by atoms with van der Waals surface area (Å²) in [7, 11) is -2.64. The first kappa shape index (κ1) is 18.4. The first-order valence-electron chi connectivity index (χ1n) is 8.30. The third kappa shape index (κ3) is 6.85. The van der Waals surface area contributed by atoms with E-state index in [1.807, 2.05) is 0 Å². The van der Waals surface area contributed by atoms with Crippen LogP contribution in [0.2, 0.25) is 38.3 Å². The van der Waals surface area contributed by atoms with Crippen molar-refractivity contribution in [3.8, 4) is 0 Å². The molecule has 1 saturated heterocycles. The Hall–Kier alpha value is 0.314. The molecule has 0 aromatic heterocycles. The predicted octanol–water partition coefficient (Wildman–Crippen LogP) is 3.12. The lowest BCUT2D eigenvalue weighted by Gasteiger charge is -2.39. The summed E-state index contributed by atoms with van der Waals surface area (Å²) >= 11 is 0. The van der Waals surface area contributed by atoms with Crippen LogP contribution in [0.4, 0.5) is 0 Å². The predicted molar refractivity (Wildman–Crippen MR) is 96.5 cm³/mol. The Kier molecular flexibility index (Phi) is 6.47. The second-order valence-electron chi connectivity index (χ2n) is 8.47. The Labute approximate surface area is 128 Å².